The van der Waals surface area contributed by atoms with Crippen LogP contribution in [-0.4, -0.2) is 46.9 Å². The van der Waals surface area contributed by atoms with Gasteiger partial charge >= 0.3 is 0 Å². The van der Waals surface area contributed by atoms with Gasteiger partial charge in [-0.05, 0) is 31.4 Å². The third-order valence-electron chi connectivity index (χ3n) is 5.65. The van der Waals surface area contributed by atoms with Crippen LogP contribution in [0.1, 0.15) is 50.6 Å². The van der Waals surface area contributed by atoms with E-state index < -0.39 is 5.41 Å². The molecule has 1 aliphatic carbocycles. The molecule has 1 aromatic rings. The van der Waals surface area contributed by atoms with E-state index in [0.717, 1.165) is 45.2 Å². The van der Waals surface area contributed by atoms with Crippen molar-refractivity contribution in [1.29, 1.82) is 5.26 Å². The van der Waals surface area contributed by atoms with E-state index in [2.05, 4.69) is 28.9 Å². The number of nitriles is 1. The smallest absolute Gasteiger partial charge is 0.243 e. The van der Waals surface area contributed by atoms with E-state index in [9.17, 15) is 10.1 Å². The predicted molar refractivity (Wildman–Crippen MR) is 91.9 cm³/mol. The fourth-order valence-corrected chi connectivity index (χ4v) is 3.98. The van der Waals surface area contributed by atoms with E-state index in [4.69, 9.17) is 0 Å². The molecular weight excluding hydrogens is 300 g/mol. The van der Waals surface area contributed by atoms with Crippen LogP contribution in [0.15, 0.2) is 24.5 Å². The summed E-state index contributed by atoms with van der Waals surface area (Å²) in [6.07, 6.45) is 8.30. The number of carbonyl (C=O) groups excluding carboxylic acids is 1. The van der Waals surface area contributed by atoms with Crippen LogP contribution in [0.3, 0.4) is 0 Å². The zero-order valence-electron chi connectivity index (χ0n) is 14.4. The molecule has 3 rings (SSSR count). The van der Waals surface area contributed by atoms with Gasteiger partial charge in [0.15, 0.2) is 0 Å². The molecule has 24 heavy (non-hydrogen) atoms. The maximum atomic E-state index is 12.9. The van der Waals surface area contributed by atoms with Gasteiger partial charge in [0.1, 0.15) is 5.41 Å². The minimum atomic E-state index is -0.755. The Morgan fingerprint density at radius 3 is 2.54 bits per heavy atom. The van der Waals surface area contributed by atoms with Crippen molar-refractivity contribution in [2.24, 2.45) is 5.41 Å². The number of hydrogen-bond acceptors (Lipinski definition) is 4. The van der Waals surface area contributed by atoms with Crippen LogP contribution >= 0.6 is 0 Å². The molecule has 2 aliphatic rings. The molecule has 1 atom stereocenters. The average Bonchev–Trinajstić information content (AvgIpc) is 2.68. The van der Waals surface area contributed by atoms with Gasteiger partial charge in [0, 0.05) is 44.6 Å². The third-order valence-corrected chi connectivity index (χ3v) is 5.65. The summed E-state index contributed by atoms with van der Waals surface area (Å²) in [6.45, 7) is 5.32. The van der Waals surface area contributed by atoms with Crippen LogP contribution < -0.4 is 0 Å². The van der Waals surface area contributed by atoms with E-state index in [0.29, 0.717) is 19.1 Å². The van der Waals surface area contributed by atoms with Gasteiger partial charge in [-0.3, -0.25) is 14.7 Å². The first-order valence-corrected chi connectivity index (χ1v) is 9.01. The van der Waals surface area contributed by atoms with Gasteiger partial charge in [0.2, 0.25) is 5.91 Å². The van der Waals surface area contributed by atoms with Gasteiger partial charge in [0.05, 0.1) is 6.07 Å². The highest BCUT2D eigenvalue weighted by atomic mass is 16.2. The van der Waals surface area contributed by atoms with Gasteiger partial charge in [-0.25, -0.2) is 0 Å². The van der Waals surface area contributed by atoms with Crippen molar-refractivity contribution < 1.29 is 4.79 Å². The van der Waals surface area contributed by atoms with Gasteiger partial charge in [-0.1, -0.05) is 25.3 Å². The van der Waals surface area contributed by atoms with Crippen LogP contribution in [0.5, 0.6) is 0 Å². The molecule has 0 spiro atoms. The molecule has 0 bridgehead atoms. The molecule has 1 aliphatic heterocycles. The van der Waals surface area contributed by atoms with Crippen molar-refractivity contribution >= 4 is 5.91 Å². The van der Waals surface area contributed by atoms with Gasteiger partial charge in [-0.15, -0.1) is 0 Å². The molecule has 1 amide bonds. The van der Waals surface area contributed by atoms with Crippen molar-refractivity contribution in [3.63, 3.8) is 0 Å². The van der Waals surface area contributed by atoms with Crippen LogP contribution in [0.4, 0.5) is 0 Å². The fraction of sp³-hybridized carbons (Fsp3) is 0.632. The number of piperazine rings is 1. The molecule has 2 fully saturated rings. The molecular formula is C19H26N4O. The molecule has 0 radical (unpaired) electrons. The minimum Gasteiger partial charge on any atom is -0.339 e. The highest BCUT2D eigenvalue weighted by molar-refractivity contribution is 5.85. The summed E-state index contributed by atoms with van der Waals surface area (Å²) in [6, 6.07) is 6.73. The Morgan fingerprint density at radius 2 is 1.96 bits per heavy atom. The monoisotopic (exact) mass is 326 g/mol. The molecule has 0 N–H and O–H groups in total. The van der Waals surface area contributed by atoms with E-state index in [1.54, 1.807) is 6.20 Å². The highest BCUT2D eigenvalue weighted by Gasteiger charge is 2.43. The van der Waals surface area contributed by atoms with E-state index in [-0.39, 0.29) is 5.91 Å². The lowest BCUT2D eigenvalue weighted by Gasteiger charge is -2.41. The van der Waals surface area contributed by atoms with Gasteiger partial charge < -0.3 is 4.90 Å². The second kappa shape index (κ2) is 7.31. The second-order valence-corrected chi connectivity index (χ2v) is 7.05. The zero-order valence-corrected chi connectivity index (χ0v) is 14.4. The number of hydrogen-bond donors (Lipinski definition) is 0. The SMILES string of the molecule is C[C@H](c1cccnc1)N1CCN(C(=O)C2(C#N)CCCCC2)CC1. The van der Waals surface area contributed by atoms with E-state index in [1.807, 2.05) is 17.2 Å². The number of carbonyl (C=O) groups is 1. The summed E-state index contributed by atoms with van der Waals surface area (Å²) in [5.41, 5.74) is 0.452. The van der Waals surface area contributed by atoms with E-state index >= 15 is 0 Å². The van der Waals surface area contributed by atoms with Crippen LogP contribution in [-0.2, 0) is 4.79 Å². The second-order valence-electron chi connectivity index (χ2n) is 7.05. The standard InChI is InChI=1S/C19H26N4O/c1-16(17-6-5-9-21-14-17)22-10-12-23(13-11-22)18(24)19(15-20)7-3-2-4-8-19/h5-6,9,14,16H,2-4,7-8,10-13H2,1H3/t16-/m1/s1. The summed E-state index contributed by atoms with van der Waals surface area (Å²) in [5.74, 6) is 0.0679. The largest absolute Gasteiger partial charge is 0.339 e. The summed E-state index contributed by atoms with van der Waals surface area (Å²) in [4.78, 5) is 21.4. The van der Waals surface area contributed by atoms with E-state index in [1.165, 1.54) is 5.56 Å². The first-order valence-electron chi connectivity index (χ1n) is 9.01. The highest BCUT2D eigenvalue weighted by Crippen LogP contribution is 2.37. The van der Waals surface area contributed by atoms with Crippen molar-refractivity contribution in [3.05, 3.63) is 30.1 Å². The maximum Gasteiger partial charge on any atom is 0.243 e. The summed E-state index contributed by atoms with van der Waals surface area (Å²) >= 11 is 0. The number of aromatic nitrogens is 1. The van der Waals surface area contributed by atoms with Crippen molar-refractivity contribution in [2.45, 2.75) is 45.1 Å². The topological polar surface area (TPSA) is 60.2 Å². The molecule has 1 saturated heterocycles. The lowest BCUT2D eigenvalue weighted by atomic mass is 9.74. The molecule has 1 aromatic heterocycles. The van der Waals surface area contributed by atoms with Gasteiger partial charge in [-0.2, -0.15) is 5.26 Å². The molecule has 1 saturated carbocycles. The lowest BCUT2D eigenvalue weighted by molar-refractivity contribution is -0.142. The fourth-order valence-electron chi connectivity index (χ4n) is 3.98. The predicted octanol–water partition coefficient (Wildman–Crippen LogP) is 2.76. The Morgan fingerprint density at radius 1 is 1.25 bits per heavy atom. The molecule has 5 heteroatoms. The Kier molecular flexibility index (Phi) is 5.15. The van der Waals surface area contributed by atoms with Crippen molar-refractivity contribution in [1.82, 2.24) is 14.8 Å². The summed E-state index contributed by atoms with van der Waals surface area (Å²) < 4.78 is 0. The van der Waals surface area contributed by atoms with Crippen LogP contribution in [0, 0.1) is 16.7 Å². The van der Waals surface area contributed by atoms with Crippen molar-refractivity contribution in [3.8, 4) is 6.07 Å². The quantitative estimate of drug-likeness (QED) is 0.857. The third kappa shape index (κ3) is 3.29. The normalized spacial score (nSPS) is 22.6. The Balaban J connectivity index is 1.60. The Bertz CT molecular complexity index is 596. The van der Waals surface area contributed by atoms with Crippen molar-refractivity contribution in [2.75, 3.05) is 26.2 Å². The van der Waals surface area contributed by atoms with Crippen LogP contribution in [0.2, 0.25) is 0 Å². The molecule has 0 aromatic carbocycles. The average molecular weight is 326 g/mol. The van der Waals surface area contributed by atoms with Crippen LogP contribution in [0.25, 0.3) is 0 Å². The maximum absolute atomic E-state index is 12.9. The first kappa shape index (κ1) is 16.9. The molecule has 128 valence electrons. The molecule has 2 heterocycles. The Hall–Kier alpha value is -1.93. The molecule has 5 nitrogen and oxygen atoms in total. The zero-order chi connectivity index (χ0) is 17.0. The Labute approximate surface area is 144 Å². The first-order chi connectivity index (χ1) is 11.7. The number of rotatable bonds is 3. The number of pyridine rings is 1. The number of amides is 1. The summed E-state index contributed by atoms with van der Waals surface area (Å²) in [5, 5.41) is 9.62. The minimum absolute atomic E-state index is 0.0679. The number of nitrogens with zero attached hydrogens (tertiary/aromatic N) is 4. The lowest BCUT2D eigenvalue weighted by Crippen LogP contribution is -2.53. The van der Waals surface area contributed by atoms with Gasteiger partial charge in [0.25, 0.3) is 0 Å². The summed E-state index contributed by atoms with van der Waals surface area (Å²) in [7, 11) is 0. The molecule has 0 unspecified atom stereocenters.